The van der Waals surface area contributed by atoms with Crippen molar-refractivity contribution >= 4 is 17.6 Å². The number of carbonyl (C=O) groups excluding carboxylic acids is 1. The number of anilines is 1. The molecule has 0 aromatic heterocycles. The van der Waals surface area contributed by atoms with Crippen LogP contribution in [0, 0.1) is 0 Å². The van der Waals surface area contributed by atoms with Crippen molar-refractivity contribution in [3.8, 4) is 0 Å². The van der Waals surface area contributed by atoms with Crippen molar-refractivity contribution in [1.29, 1.82) is 0 Å². The highest BCUT2D eigenvalue weighted by Crippen LogP contribution is 2.17. The minimum Gasteiger partial charge on any atom is -0.480 e. The van der Waals surface area contributed by atoms with E-state index >= 15 is 0 Å². The van der Waals surface area contributed by atoms with E-state index in [1.54, 1.807) is 18.2 Å². The Morgan fingerprint density at radius 2 is 1.88 bits per heavy atom. The summed E-state index contributed by atoms with van der Waals surface area (Å²) >= 11 is 0. The van der Waals surface area contributed by atoms with Crippen LogP contribution in [0.4, 0.5) is 5.69 Å². The zero-order chi connectivity index (χ0) is 17.5. The molecule has 2 rings (SSSR count). The second-order valence-corrected chi connectivity index (χ2v) is 5.60. The van der Waals surface area contributed by atoms with Crippen LogP contribution in [0.5, 0.6) is 0 Å². The van der Waals surface area contributed by atoms with Crippen LogP contribution >= 0.6 is 0 Å². The lowest BCUT2D eigenvalue weighted by atomic mass is 10.1. The van der Waals surface area contributed by atoms with Crippen LogP contribution in [0.1, 0.15) is 35.3 Å². The fourth-order valence-corrected chi connectivity index (χ4v) is 2.36. The lowest BCUT2D eigenvalue weighted by Crippen LogP contribution is -2.38. The minimum atomic E-state index is -1.06. The molecular weight excluding hydrogens is 304 g/mol. The average molecular weight is 326 g/mol. The number of rotatable bonds is 7. The van der Waals surface area contributed by atoms with Gasteiger partial charge in [-0.25, -0.2) is 0 Å². The molecule has 2 aromatic carbocycles. The molecule has 0 aliphatic rings. The predicted molar refractivity (Wildman–Crippen MR) is 94.2 cm³/mol. The number of aliphatic carboxylic acids is 1. The van der Waals surface area contributed by atoms with Crippen LogP contribution < -0.4 is 10.6 Å². The molecule has 0 aliphatic heterocycles. The summed E-state index contributed by atoms with van der Waals surface area (Å²) < 4.78 is 0. The van der Waals surface area contributed by atoms with E-state index in [0.717, 1.165) is 17.7 Å². The van der Waals surface area contributed by atoms with Crippen LogP contribution in [-0.4, -0.2) is 23.0 Å². The van der Waals surface area contributed by atoms with Gasteiger partial charge < -0.3 is 15.7 Å². The molecule has 2 aromatic rings. The molecule has 5 heteroatoms. The number of nitrogens with one attached hydrogen (secondary N) is 2. The third kappa shape index (κ3) is 4.59. The molecule has 0 heterocycles. The summed E-state index contributed by atoms with van der Waals surface area (Å²) in [6.07, 6.45) is 0.943. The van der Waals surface area contributed by atoms with Gasteiger partial charge in [0.05, 0.1) is 0 Å². The maximum Gasteiger partial charge on any atom is 0.325 e. The zero-order valence-corrected chi connectivity index (χ0v) is 13.9. The Kier molecular flexibility index (Phi) is 5.95. The average Bonchev–Trinajstić information content (AvgIpc) is 2.60. The van der Waals surface area contributed by atoms with Crippen LogP contribution in [-0.2, 0) is 17.8 Å². The maximum atomic E-state index is 12.1. The SMILES string of the molecule is CCc1ccccc1NCc1cccc(C(=O)NC(C)C(=O)O)c1. The molecule has 3 N–H and O–H groups in total. The van der Waals surface area contributed by atoms with Gasteiger partial charge in [-0.15, -0.1) is 0 Å². The molecule has 0 spiro atoms. The molecule has 1 amide bonds. The Balaban J connectivity index is 2.05. The standard InChI is InChI=1S/C19H22N2O3/c1-3-15-8-4-5-10-17(15)20-12-14-7-6-9-16(11-14)18(22)21-13(2)19(23)24/h4-11,13,20H,3,12H2,1-2H3,(H,21,22)(H,23,24). The van der Waals surface area contributed by atoms with Gasteiger partial charge in [-0.1, -0.05) is 37.3 Å². The third-order valence-electron chi connectivity index (χ3n) is 3.79. The number of hydrogen-bond donors (Lipinski definition) is 3. The molecule has 0 saturated heterocycles. The second-order valence-electron chi connectivity index (χ2n) is 5.60. The number of aryl methyl sites for hydroxylation is 1. The van der Waals surface area contributed by atoms with Crippen LogP contribution in [0.15, 0.2) is 48.5 Å². The number of carbonyl (C=O) groups is 2. The molecule has 1 atom stereocenters. The van der Waals surface area contributed by atoms with Crippen molar-refractivity contribution in [2.24, 2.45) is 0 Å². The Bertz CT molecular complexity index is 728. The van der Waals surface area contributed by atoms with E-state index in [1.807, 2.05) is 24.3 Å². The number of amides is 1. The van der Waals surface area contributed by atoms with Crippen LogP contribution in [0.3, 0.4) is 0 Å². The number of carboxylic acids is 1. The van der Waals surface area contributed by atoms with E-state index in [-0.39, 0.29) is 5.91 Å². The monoisotopic (exact) mass is 326 g/mol. The summed E-state index contributed by atoms with van der Waals surface area (Å²) in [5.74, 6) is -1.45. The summed E-state index contributed by atoms with van der Waals surface area (Å²) in [6, 6.07) is 14.4. The van der Waals surface area contributed by atoms with E-state index in [2.05, 4.69) is 23.6 Å². The van der Waals surface area contributed by atoms with Crippen molar-refractivity contribution in [3.05, 3.63) is 65.2 Å². The van der Waals surface area contributed by atoms with Crippen molar-refractivity contribution in [1.82, 2.24) is 5.32 Å². The predicted octanol–water partition coefficient (Wildman–Crippen LogP) is 3.06. The number of hydrogen-bond acceptors (Lipinski definition) is 3. The van der Waals surface area contributed by atoms with Crippen molar-refractivity contribution in [3.63, 3.8) is 0 Å². The highest BCUT2D eigenvalue weighted by atomic mass is 16.4. The second kappa shape index (κ2) is 8.15. The summed E-state index contributed by atoms with van der Waals surface area (Å²) in [6.45, 7) is 4.13. The highest BCUT2D eigenvalue weighted by Gasteiger charge is 2.15. The lowest BCUT2D eigenvalue weighted by Gasteiger charge is -2.12. The van der Waals surface area contributed by atoms with E-state index in [9.17, 15) is 9.59 Å². The number of benzene rings is 2. The van der Waals surface area contributed by atoms with E-state index in [0.29, 0.717) is 12.1 Å². The fourth-order valence-electron chi connectivity index (χ4n) is 2.36. The van der Waals surface area contributed by atoms with Gasteiger partial charge in [-0.05, 0) is 42.7 Å². The molecule has 1 unspecified atom stereocenters. The van der Waals surface area contributed by atoms with Crippen LogP contribution in [0.25, 0.3) is 0 Å². The van der Waals surface area contributed by atoms with Gasteiger partial charge in [-0.3, -0.25) is 9.59 Å². The smallest absolute Gasteiger partial charge is 0.325 e. The number of carboxylic acid groups (broad SMARTS) is 1. The fraction of sp³-hybridized carbons (Fsp3) is 0.263. The topological polar surface area (TPSA) is 78.4 Å². The minimum absolute atomic E-state index is 0.388. The van der Waals surface area contributed by atoms with E-state index < -0.39 is 12.0 Å². The molecule has 0 bridgehead atoms. The van der Waals surface area contributed by atoms with Gasteiger partial charge in [0.1, 0.15) is 6.04 Å². The largest absolute Gasteiger partial charge is 0.480 e. The Morgan fingerprint density at radius 1 is 1.12 bits per heavy atom. The van der Waals surface area contributed by atoms with Crippen molar-refractivity contribution in [2.75, 3.05) is 5.32 Å². The first-order valence-corrected chi connectivity index (χ1v) is 7.95. The van der Waals surface area contributed by atoms with Gasteiger partial charge in [0.2, 0.25) is 0 Å². The number of para-hydroxylation sites is 1. The maximum absolute atomic E-state index is 12.1. The third-order valence-corrected chi connectivity index (χ3v) is 3.79. The molecule has 5 nitrogen and oxygen atoms in total. The summed E-state index contributed by atoms with van der Waals surface area (Å²) in [4.78, 5) is 22.9. The Labute approximate surface area is 141 Å². The summed E-state index contributed by atoms with van der Waals surface area (Å²) in [5.41, 5.74) is 3.72. The Hall–Kier alpha value is -2.82. The molecular formula is C19H22N2O3. The van der Waals surface area contributed by atoms with Gasteiger partial charge in [-0.2, -0.15) is 0 Å². The van der Waals surface area contributed by atoms with Gasteiger partial charge >= 0.3 is 5.97 Å². The van der Waals surface area contributed by atoms with Crippen molar-refractivity contribution in [2.45, 2.75) is 32.9 Å². The van der Waals surface area contributed by atoms with E-state index in [4.69, 9.17) is 5.11 Å². The first-order valence-electron chi connectivity index (χ1n) is 7.95. The normalized spacial score (nSPS) is 11.6. The molecule has 0 saturated carbocycles. The summed E-state index contributed by atoms with van der Waals surface area (Å²) in [5, 5.41) is 14.7. The highest BCUT2D eigenvalue weighted by molar-refractivity contribution is 5.96. The van der Waals surface area contributed by atoms with Crippen LogP contribution in [0.2, 0.25) is 0 Å². The lowest BCUT2D eigenvalue weighted by molar-refractivity contribution is -0.138. The molecule has 24 heavy (non-hydrogen) atoms. The zero-order valence-electron chi connectivity index (χ0n) is 13.9. The first kappa shape index (κ1) is 17.5. The molecule has 126 valence electrons. The van der Waals surface area contributed by atoms with Gasteiger partial charge in [0.15, 0.2) is 0 Å². The summed E-state index contributed by atoms with van der Waals surface area (Å²) in [7, 11) is 0. The first-order chi connectivity index (χ1) is 11.5. The van der Waals surface area contributed by atoms with Gasteiger partial charge in [0, 0.05) is 17.8 Å². The van der Waals surface area contributed by atoms with E-state index in [1.165, 1.54) is 12.5 Å². The molecule has 0 aliphatic carbocycles. The Morgan fingerprint density at radius 3 is 2.58 bits per heavy atom. The van der Waals surface area contributed by atoms with Gasteiger partial charge in [0.25, 0.3) is 5.91 Å². The quantitative estimate of drug-likeness (QED) is 0.731. The molecule has 0 fully saturated rings. The van der Waals surface area contributed by atoms with Crippen molar-refractivity contribution < 1.29 is 14.7 Å². The molecule has 0 radical (unpaired) electrons.